The maximum Gasteiger partial charge on any atom is 0.308 e. The van der Waals surface area contributed by atoms with Crippen molar-refractivity contribution in [1.82, 2.24) is 0 Å². The smallest absolute Gasteiger partial charge is 0.308 e. The van der Waals surface area contributed by atoms with Gasteiger partial charge in [-0.15, -0.1) is 0 Å². The van der Waals surface area contributed by atoms with Crippen molar-refractivity contribution in [2.24, 2.45) is 5.92 Å². The minimum absolute atomic E-state index is 0.295. The number of carboxylic acid groups (broad SMARTS) is 1. The lowest BCUT2D eigenvalue weighted by Gasteiger charge is -2.11. The lowest BCUT2D eigenvalue weighted by Crippen LogP contribution is -2.19. The summed E-state index contributed by atoms with van der Waals surface area (Å²) in [5.41, 5.74) is 0.755. The first-order valence-corrected chi connectivity index (χ1v) is 5.50. The van der Waals surface area contributed by atoms with E-state index in [1.807, 2.05) is 22.6 Å². The summed E-state index contributed by atoms with van der Waals surface area (Å²) < 4.78 is 13.5. The first-order chi connectivity index (χ1) is 7.00. The van der Waals surface area contributed by atoms with E-state index < -0.39 is 11.9 Å². The average Bonchev–Trinajstić information content (AvgIpc) is 2.15. The van der Waals surface area contributed by atoms with E-state index >= 15 is 0 Å². The molecule has 0 saturated carbocycles. The van der Waals surface area contributed by atoms with Crippen LogP contribution < -0.4 is 5.32 Å². The molecule has 5 heteroatoms. The van der Waals surface area contributed by atoms with Crippen molar-refractivity contribution in [2.75, 3.05) is 11.9 Å². The third-order valence-electron chi connectivity index (χ3n) is 1.95. The number of anilines is 1. The van der Waals surface area contributed by atoms with Crippen molar-refractivity contribution in [3.63, 3.8) is 0 Å². The average molecular weight is 323 g/mol. The molecule has 0 bridgehead atoms. The molecule has 0 spiro atoms. The molecule has 0 aliphatic rings. The summed E-state index contributed by atoms with van der Waals surface area (Å²) in [6, 6.07) is 4.34. The predicted octanol–water partition coefficient (Wildman–Crippen LogP) is 2.56. The highest BCUT2D eigenvalue weighted by Crippen LogP contribution is 2.19. The Morgan fingerprint density at radius 1 is 1.67 bits per heavy atom. The highest BCUT2D eigenvalue weighted by molar-refractivity contribution is 14.1. The van der Waals surface area contributed by atoms with E-state index in [-0.39, 0.29) is 5.82 Å². The Morgan fingerprint density at radius 2 is 2.33 bits per heavy atom. The van der Waals surface area contributed by atoms with Crippen LogP contribution in [0.5, 0.6) is 0 Å². The molecule has 3 nitrogen and oxygen atoms in total. The Kier molecular flexibility index (Phi) is 4.31. The molecule has 0 radical (unpaired) electrons. The third kappa shape index (κ3) is 3.65. The predicted molar refractivity (Wildman–Crippen MR) is 64.4 cm³/mol. The zero-order valence-electron chi connectivity index (χ0n) is 8.13. The number of aliphatic carboxylic acids is 1. The van der Waals surface area contributed by atoms with Crippen LogP contribution in [-0.2, 0) is 4.79 Å². The van der Waals surface area contributed by atoms with Gasteiger partial charge in [0, 0.05) is 15.8 Å². The van der Waals surface area contributed by atoms with Crippen LogP contribution >= 0.6 is 22.6 Å². The number of hydrogen-bond acceptors (Lipinski definition) is 2. The van der Waals surface area contributed by atoms with Crippen LogP contribution in [0.4, 0.5) is 10.1 Å². The second-order valence-corrected chi connectivity index (χ2v) is 4.41. The van der Waals surface area contributed by atoms with Crippen LogP contribution in [0.3, 0.4) is 0 Å². The standard InChI is InChI=1S/C10H11FINO2/c1-6(10(14)15)5-13-9-3-2-7(11)4-8(9)12/h2-4,6,13H,5H2,1H3,(H,14,15). The maximum atomic E-state index is 12.7. The Hall–Kier alpha value is -0.850. The summed E-state index contributed by atoms with van der Waals surface area (Å²) in [6.45, 7) is 1.95. The molecule has 82 valence electrons. The molecule has 1 rings (SSSR count). The molecule has 1 aromatic rings. The highest BCUT2D eigenvalue weighted by Gasteiger charge is 2.10. The number of carboxylic acids is 1. The van der Waals surface area contributed by atoms with Gasteiger partial charge in [-0.05, 0) is 40.8 Å². The van der Waals surface area contributed by atoms with E-state index in [4.69, 9.17) is 5.11 Å². The van der Waals surface area contributed by atoms with E-state index in [1.54, 1.807) is 13.0 Å². The minimum Gasteiger partial charge on any atom is -0.481 e. The van der Waals surface area contributed by atoms with Crippen molar-refractivity contribution in [1.29, 1.82) is 0 Å². The summed E-state index contributed by atoms with van der Waals surface area (Å²) >= 11 is 2.00. The summed E-state index contributed by atoms with van der Waals surface area (Å²) in [7, 11) is 0. The second kappa shape index (κ2) is 5.29. The lowest BCUT2D eigenvalue weighted by molar-refractivity contribution is -0.140. The Bertz CT molecular complexity index is 370. The molecule has 1 aromatic carbocycles. The van der Waals surface area contributed by atoms with Gasteiger partial charge in [0.05, 0.1) is 5.92 Å². The molecule has 0 fully saturated rings. The second-order valence-electron chi connectivity index (χ2n) is 3.24. The van der Waals surface area contributed by atoms with Gasteiger partial charge >= 0.3 is 5.97 Å². The normalized spacial score (nSPS) is 12.2. The van der Waals surface area contributed by atoms with Gasteiger partial charge in [-0.2, -0.15) is 0 Å². The first-order valence-electron chi connectivity index (χ1n) is 4.42. The van der Waals surface area contributed by atoms with Crippen molar-refractivity contribution in [3.05, 3.63) is 27.6 Å². The fraction of sp³-hybridized carbons (Fsp3) is 0.300. The number of nitrogens with one attached hydrogen (secondary N) is 1. The topological polar surface area (TPSA) is 49.3 Å². The molecule has 0 aliphatic carbocycles. The largest absolute Gasteiger partial charge is 0.481 e. The molecule has 0 amide bonds. The van der Waals surface area contributed by atoms with Gasteiger partial charge in [-0.1, -0.05) is 6.92 Å². The molecule has 1 unspecified atom stereocenters. The Labute approximate surface area is 101 Å². The maximum absolute atomic E-state index is 12.7. The van der Waals surface area contributed by atoms with Crippen LogP contribution in [0.25, 0.3) is 0 Å². The van der Waals surface area contributed by atoms with E-state index in [9.17, 15) is 9.18 Å². The zero-order valence-corrected chi connectivity index (χ0v) is 10.3. The summed E-state index contributed by atoms with van der Waals surface area (Å²) in [4.78, 5) is 10.6. The van der Waals surface area contributed by atoms with Crippen LogP contribution in [0.2, 0.25) is 0 Å². The van der Waals surface area contributed by atoms with Crippen molar-refractivity contribution in [3.8, 4) is 0 Å². The fourth-order valence-electron chi connectivity index (χ4n) is 0.983. The molecular formula is C10H11FINO2. The lowest BCUT2D eigenvalue weighted by atomic mass is 10.2. The van der Waals surface area contributed by atoms with Gasteiger partial charge < -0.3 is 10.4 Å². The van der Waals surface area contributed by atoms with E-state index in [0.29, 0.717) is 6.54 Å². The summed E-state index contributed by atoms with van der Waals surface area (Å²) in [5.74, 6) is -1.61. The monoisotopic (exact) mass is 323 g/mol. The van der Waals surface area contributed by atoms with Crippen molar-refractivity contribution in [2.45, 2.75) is 6.92 Å². The minimum atomic E-state index is -0.848. The van der Waals surface area contributed by atoms with E-state index in [1.165, 1.54) is 12.1 Å². The number of benzene rings is 1. The van der Waals surface area contributed by atoms with Gasteiger partial charge in [0.1, 0.15) is 5.82 Å². The number of hydrogen-bond donors (Lipinski definition) is 2. The van der Waals surface area contributed by atoms with Gasteiger partial charge in [-0.25, -0.2) is 4.39 Å². The quantitative estimate of drug-likeness (QED) is 0.838. The molecule has 1 atom stereocenters. The Morgan fingerprint density at radius 3 is 2.87 bits per heavy atom. The molecular weight excluding hydrogens is 312 g/mol. The van der Waals surface area contributed by atoms with Crippen LogP contribution in [0.1, 0.15) is 6.92 Å². The highest BCUT2D eigenvalue weighted by atomic mass is 127. The third-order valence-corrected chi connectivity index (χ3v) is 2.84. The summed E-state index contributed by atoms with van der Waals surface area (Å²) in [6.07, 6.45) is 0. The zero-order chi connectivity index (χ0) is 11.4. The molecule has 15 heavy (non-hydrogen) atoms. The van der Waals surface area contributed by atoms with Crippen molar-refractivity contribution >= 4 is 34.2 Å². The van der Waals surface area contributed by atoms with E-state index in [2.05, 4.69) is 5.32 Å². The van der Waals surface area contributed by atoms with Gasteiger partial charge in [0.25, 0.3) is 0 Å². The number of rotatable bonds is 4. The fourth-order valence-corrected chi connectivity index (χ4v) is 1.65. The molecule has 0 aromatic heterocycles. The molecule has 0 saturated heterocycles. The number of carbonyl (C=O) groups is 1. The first kappa shape index (κ1) is 12.2. The summed E-state index contributed by atoms with van der Waals surface area (Å²) in [5, 5.41) is 11.6. The van der Waals surface area contributed by atoms with Crippen LogP contribution in [-0.4, -0.2) is 17.6 Å². The van der Waals surface area contributed by atoms with Gasteiger partial charge in [-0.3, -0.25) is 4.79 Å². The van der Waals surface area contributed by atoms with Crippen LogP contribution in [0.15, 0.2) is 18.2 Å². The van der Waals surface area contributed by atoms with Crippen LogP contribution in [0, 0.1) is 15.3 Å². The molecule has 0 aliphatic heterocycles. The molecule has 0 heterocycles. The van der Waals surface area contributed by atoms with Crippen molar-refractivity contribution < 1.29 is 14.3 Å². The SMILES string of the molecule is CC(CNc1ccc(F)cc1I)C(=O)O. The number of halogens is 2. The van der Waals surface area contributed by atoms with Gasteiger partial charge in [0.2, 0.25) is 0 Å². The van der Waals surface area contributed by atoms with Gasteiger partial charge in [0.15, 0.2) is 0 Å². The molecule has 2 N–H and O–H groups in total. The Balaban J connectivity index is 2.62. The van der Waals surface area contributed by atoms with E-state index in [0.717, 1.165) is 9.26 Å².